The van der Waals surface area contributed by atoms with E-state index in [1.807, 2.05) is 30.3 Å². The number of nitrogens with zero attached hydrogens (tertiary/aromatic N) is 2. The van der Waals surface area contributed by atoms with Crippen LogP contribution in [0.25, 0.3) is 0 Å². The van der Waals surface area contributed by atoms with Crippen molar-refractivity contribution in [2.75, 3.05) is 26.2 Å². The van der Waals surface area contributed by atoms with Crippen molar-refractivity contribution in [3.05, 3.63) is 35.9 Å². The predicted octanol–water partition coefficient (Wildman–Crippen LogP) is -2.52. The standard InChI is InChI=1S/C18H28N6O3/c1-14(25)23(10-6-5-9-22-18(20)21)13-17(27)24(12-16(19)26)11-15-7-3-2-4-8-15/h2-4,7-8H,5-6,9-13H2,1H3,(H2,19,26)(H4,20,21,22)/p+1. The van der Waals surface area contributed by atoms with E-state index in [0.717, 1.165) is 12.0 Å². The summed E-state index contributed by atoms with van der Waals surface area (Å²) in [5, 5.41) is 0. The fourth-order valence-corrected chi connectivity index (χ4v) is 2.50. The van der Waals surface area contributed by atoms with Crippen LogP contribution in [0.1, 0.15) is 25.3 Å². The average molecular weight is 377 g/mol. The van der Waals surface area contributed by atoms with Crippen molar-refractivity contribution in [2.24, 2.45) is 17.2 Å². The van der Waals surface area contributed by atoms with Gasteiger partial charge in [-0.2, -0.15) is 0 Å². The number of nitrogens with one attached hydrogen (secondary N) is 1. The quantitative estimate of drug-likeness (QED) is 0.191. The van der Waals surface area contributed by atoms with E-state index >= 15 is 0 Å². The average Bonchev–Trinajstić information content (AvgIpc) is 2.59. The number of nitrogens with two attached hydrogens (primary N) is 3. The summed E-state index contributed by atoms with van der Waals surface area (Å²) in [4.78, 5) is 41.5. The van der Waals surface area contributed by atoms with Crippen LogP contribution in [-0.4, -0.2) is 59.7 Å². The van der Waals surface area contributed by atoms with Crippen molar-refractivity contribution >= 4 is 23.7 Å². The molecule has 9 nitrogen and oxygen atoms in total. The normalized spacial score (nSPS) is 10.1. The molecule has 1 aromatic carbocycles. The Morgan fingerprint density at radius 1 is 0.963 bits per heavy atom. The molecular weight excluding hydrogens is 348 g/mol. The van der Waals surface area contributed by atoms with Gasteiger partial charge >= 0.3 is 5.96 Å². The summed E-state index contributed by atoms with van der Waals surface area (Å²) < 4.78 is 0. The van der Waals surface area contributed by atoms with Crippen molar-refractivity contribution in [3.8, 4) is 0 Å². The molecule has 0 heterocycles. The Balaban J connectivity index is 2.66. The van der Waals surface area contributed by atoms with Crippen LogP contribution in [0.5, 0.6) is 0 Å². The molecule has 1 rings (SSSR count). The SMILES string of the molecule is CC(=O)N(CCCC[NH+]=C(N)N)CC(=O)N(CC(N)=O)Cc1ccccc1. The van der Waals surface area contributed by atoms with Crippen molar-refractivity contribution in [1.29, 1.82) is 0 Å². The van der Waals surface area contributed by atoms with Crippen molar-refractivity contribution in [3.63, 3.8) is 0 Å². The van der Waals surface area contributed by atoms with Crippen LogP contribution < -0.4 is 22.2 Å². The summed E-state index contributed by atoms with van der Waals surface area (Å²) in [6.07, 6.45) is 1.42. The molecule has 9 heteroatoms. The van der Waals surface area contributed by atoms with E-state index in [4.69, 9.17) is 17.2 Å². The first-order valence-corrected chi connectivity index (χ1v) is 8.77. The Morgan fingerprint density at radius 3 is 2.19 bits per heavy atom. The first kappa shape index (κ1) is 21.9. The number of carbonyl (C=O) groups excluding carboxylic acids is 3. The number of rotatable bonds is 11. The smallest absolute Gasteiger partial charge is 0.338 e. The maximum Gasteiger partial charge on any atom is 0.338 e. The summed E-state index contributed by atoms with van der Waals surface area (Å²) in [5.74, 6) is -0.988. The van der Waals surface area contributed by atoms with Crippen LogP contribution in [0.2, 0.25) is 0 Å². The molecule has 0 fully saturated rings. The van der Waals surface area contributed by atoms with Gasteiger partial charge in [0.1, 0.15) is 0 Å². The molecule has 0 aliphatic heterocycles. The summed E-state index contributed by atoms with van der Waals surface area (Å²) in [6.45, 7) is 2.37. The van der Waals surface area contributed by atoms with E-state index in [1.165, 1.54) is 16.7 Å². The van der Waals surface area contributed by atoms with Gasteiger partial charge in [0, 0.05) is 20.0 Å². The Labute approximate surface area is 159 Å². The zero-order chi connectivity index (χ0) is 20.2. The molecule has 0 unspecified atom stereocenters. The van der Waals surface area contributed by atoms with Gasteiger partial charge in [0.25, 0.3) is 0 Å². The summed E-state index contributed by atoms with van der Waals surface area (Å²) in [7, 11) is 0. The van der Waals surface area contributed by atoms with E-state index in [1.54, 1.807) is 0 Å². The van der Waals surface area contributed by atoms with Gasteiger partial charge in [-0.05, 0) is 18.4 Å². The second kappa shape index (κ2) is 11.5. The van der Waals surface area contributed by atoms with Gasteiger partial charge in [-0.3, -0.25) is 30.8 Å². The molecular formula is C18H29N6O3+. The molecule has 0 aliphatic rings. The number of hydrogen-bond acceptors (Lipinski definition) is 3. The van der Waals surface area contributed by atoms with Crippen LogP contribution in [0.4, 0.5) is 0 Å². The topological polar surface area (TPSA) is 150 Å². The number of primary amides is 1. The monoisotopic (exact) mass is 377 g/mol. The molecule has 1 aromatic rings. The van der Waals surface area contributed by atoms with Gasteiger partial charge in [0.05, 0.1) is 19.6 Å². The van der Waals surface area contributed by atoms with E-state index < -0.39 is 5.91 Å². The zero-order valence-electron chi connectivity index (χ0n) is 15.7. The van der Waals surface area contributed by atoms with E-state index in [2.05, 4.69) is 4.99 Å². The lowest BCUT2D eigenvalue weighted by Crippen LogP contribution is -2.78. The van der Waals surface area contributed by atoms with E-state index in [9.17, 15) is 14.4 Å². The molecule has 0 atom stereocenters. The van der Waals surface area contributed by atoms with Gasteiger partial charge in [-0.1, -0.05) is 30.3 Å². The van der Waals surface area contributed by atoms with Crippen LogP contribution in [0.15, 0.2) is 30.3 Å². The van der Waals surface area contributed by atoms with E-state index in [0.29, 0.717) is 19.5 Å². The minimum atomic E-state index is -0.602. The van der Waals surface area contributed by atoms with Crippen molar-refractivity contribution < 1.29 is 19.4 Å². The molecule has 3 amide bonds. The highest BCUT2D eigenvalue weighted by Crippen LogP contribution is 2.06. The summed E-state index contributed by atoms with van der Waals surface area (Å²) in [5.41, 5.74) is 16.8. The third-order valence-electron chi connectivity index (χ3n) is 3.87. The first-order valence-electron chi connectivity index (χ1n) is 8.77. The van der Waals surface area contributed by atoms with Gasteiger partial charge < -0.3 is 15.5 Å². The number of carbonyl (C=O) groups is 3. The molecule has 0 bridgehead atoms. The maximum absolute atomic E-state index is 12.7. The largest absolute Gasteiger partial charge is 0.368 e. The number of unbranched alkanes of at least 4 members (excludes halogenated alkanes) is 1. The molecule has 0 saturated heterocycles. The third kappa shape index (κ3) is 9.24. The summed E-state index contributed by atoms with van der Waals surface area (Å²) >= 11 is 0. The Bertz CT molecular complexity index is 658. The fraction of sp³-hybridized carbons (Fsp3) is 0.444. The molecule has 7 N–H and O–H groups in total. The first-order chi connectivity index (χ1) is 12.8. The maximum atomic E-state index is 12.7. The van der Waals surface area contributed by atoms with Crippen molar-refractivity contribution in [2.45, 2.75) is 26.3 Å². The van der Waals surface area contributed by atoms with Crippen LogP contribution in [0.3, 0.4) is 0 Å². The lowest BCUT2D eigenvalue weighted by molar-refractivity contribution is -0.459. The highest BCUT2D eigenvalue weighted by molar-refractivity contribution is 5.87. The second-order valence-corrected chi connectivity index (χ2v) is 6.23. The molecule has 0 aliphatic carbocycles. The number of hydrogen-bond donors (Lipinski definition) is 4. The minimum Gasteiger partial charge on any atom is -0.368 e. The Kier molecular flexibility index (Phi) is 9.35. The van der Waals surface area contributed by atoms with Crippen LogP contribution in [0, 0.1) is 0 Å². The number of benzene rings is 1. The number of amides is 3. The Morgan fingerprint density at radius 2 is 1.63 bits per heavy atom. The fourth-order valence-electron chi connectivity index (χ4n) is 2.50. The molecule has 0 saturated carbocycles. The molecule has 148 valence electrons. The molecule has 0 spiro atoms. The molecule has 0 radical (unpaired) electrons. The minimum absolute atomic E-state index is 0.103. The lowest BCUT2D eigenvalue weighted by Gasteiger charge is -2.26. The highest BCUT2D eigenvalue weighted by atomic mass is 16.2. The lowest BCUT2D eigenvalue weighted by atomic mass is 10.2. The van der Waals surface area contributed by atoms with Gasteiger partial charge in [-0.25, -0.2) is 0 Å². The van der Waals surface area contributed by atoms with Crippen LogP contribution in [-0.2, 0) is 20.9 Å². The molecule has 0 aromatic heterocycles. The highest BCUT2D eigenvalue weighted by Gasteiger charge is 2.20. The van der Waals surface area contributed by atoms with Gasteiger partial charge in [0.15, 0.2) is 0 Å². The third-order valence-corrected chi connectivity index (χ3v) is 3.87. The Hall–Kier alpha value is -3.10. The molecule has 27 heavy (non-hydrogen) atoms. The number of guanidine groups is 1. The summed E-state index contributed by atoms with van der Waals surface area (Å²) in [6, 6.07) is 9.29. The van der Waals surface area contributed by atoms with Gasteiger partial charge in [-0.15, -0.1) is 0 Å². The second-order valence-electron chi connectivity index (χ2n) is 6.23. The van der Waals surface area contributed by atoms with Crippen molar-refractivity contribution in [1.82, 2.24) is 9.80 Å². The predicted molar refractivity (Wildman–Crippen MR) is 102 cm³/mol. The zero-order valence-corrected chi connectivity index (χ0v) is 15.7. The van der Waals surface area contributed by atoms with E-state index in [-0.39, 0.29) is 37.4 Å². The van der Waals surface area contributed by atoms with Crippen LogP contribution >= 0.6 is 0 Å². The van der Waals surface area contributed by atoms with Gasteiger partial charge in [0.2, 0.25) is 17.7 Å².